The molecule has 0 bridgehead atoms. The average molecular weight is 505 g/mol. The molecular formula is C26H35F3N6O. The lowest BCUT2D eigenvalue weighted by Gasteiger charge is -2.47. The molecule has 0 atom stereocenters. The van der Waals surface area contributed by atoms with Gasteiger partial charge in [-0.2, -0.15) is 13.2 Å². The summed E-state index contributed by atoms with van der Waals surface area (Å²) in [4.78, 5) is 25.7. The molecule has 2 N–H and O–H groups in total. The molecule has 36 heavy (non-hydrogen) atoms. The molecular weight excluding hydrogens is 469 g/mol. The number of nitrogens with one attached hydrogen (secondary N) is 2. The maximum absolute atomic E-state index is 13.1. The molecule has 7 nitrogen and oxygen atoms in total. The van der Waals surface area contributed by atoms with Crippen LogP contribution in [0.1, 0.15) is 50.5 Å². The summed E-state index contributed by atoms with van der Waals surface area (Å²) in [6.45, 7) is 5.46. The lowest BCUT2D eigenvalue weighted by molar-refractivity contribution is -0.137. The van der Waals surface area contributed by atoms with Crippen LogP contribution in [0.3, 0.4) is 0 Å². The minimum atomic E-state index is -4.46. The van der Waals surface area contributed by atoms with Gasteiger partial charge in [0.15, 0.2) is 0 Å². The number of fused-ring (bicyclic) bond motifs is 1. The number of anilines is 1. The number of alkyl halides is 3. The number of hydrogen-bond donors (Lipinski definition) is 2. The van der Waals surface area contributed by atoms with Crippen molar-refractivity contribution in [2.45, 2.75) is 63.2 Å². The molecule has 2 aromatic rings. The van der Waals surface area contributed by atoms with Crippen molar-refractivity contribution < 1.29 is 18.0 Å². The van der Waals surface area contributed by atoms with Gasteiger partial charge in [-0.05, 0) is 75.7 Å². The second kappa shape index (κ2) is 10.9. The average Bonchev–Trinajstić information content (AvgIpc) is 2.85. The SMILES string of the molecule is O=C(CNc1ncnc2ccc(C(F)(F)F)cc12)NC1CN(C2CCC(CN3CCCCC3)CC2)C1. The molecule has 1 aliphatic carbocycles. The van der Waals surface area contributed by atoms with E-state index in [4.69, 9.17) is 0 Å². The Labute approximate surface area is 209 Å². The Morgan fingerprint density at radius 2 is 1.78 bits per heavy atom. The maximum atomic E-state index is 13.1. The highest BCUT2D eigenvalue weighted by Crippen LogP contribution is 2.33. The van der Waals surface area contributed by atoms with Gasteiger partial charge in [-0.1, -0.05) is 6.42 Å². The third-order valence-corrected chi connectivity index (χ3v) is 7.95. The van der Waals surface area contributed by atoms with E-state index in [1.54, 1.807) is 0 Å². The van der Waals surface area contributed by atoms with Gasteiger partial charge in [-0.15, -0.1) is 0 Å². The van der Waals surface area contributed by atoms with Gasteiger partial charge in [0.2, 0.25) is 5.91 Å². The molecule has 3 aliphatic rings. The molecule has 1 saturated carbocycles. The number of carbonyl (C=O) groups excluding carboxylic acids is 1. The fraction of sp³-hybridized carbons (Fsp3) is 0.654. The number of benzene rings is 1. The van der Waals surface area contributed by atoms with Crippen LogP contribution in [0.15, 0.2) is 24.5 Å². The first-order valence-electron chi connectivity index (χ1n) is 13.2. The summed E-state index contributed by atoms with van der Waals surface area (Å²) >= 11 is 0. The third-order valence-electron chi connectivity index (χ3n) is 7.95. The Morgan fingerprint density at radius 1 is 1.03 bits per heavy atom. The summed E-state index contributed by atoms with van der Waals surface area (Å²) in [6.07, 6.45) is 5.96. The van der Waals surface area contributed by atoms with Gasteiger partial charge in [0, 0.05) is 31.1 Å². The van der Waals surface area contributed by atoms with Crippen LogP contribution in [0.4, 0.5) is 19.0 Å². The maximum Gasteiger partial charge on any atom is 0.416 e. The number of aromatic nitrogens is 2. The van der Waals surface area contributed by atoms with E-state index in [1.807, 2.05) is 0 Å². The van der Waals surface area contributed by atoms with Gasteiger partial charge in [-0.3, -0.25) is 9.69 Å². The smallest absolute Gasteiger partial charge is 0.360 e. The molecule has 1 aromatic carbocycles. The van der Waals surface area contributed by atoms with Crippen molar-refractivity contribution in [3.8, 4) is 0 Å². The Kier molecular flexibility index (Phi) is 7.62. The Bertz CT molecular complexity index is 1040. The van der Waals surface area contributed by atoms with Crippen LogP contribution in [0, 0.1) is 5.92 Å². The number of likely N-dealkylation sites (tertiary alicyclic amines) is 2. The van der Waals surface area contributed by atoms with Gasteiger partial charge < -0.3 is 15.5 Å². The van der Waals surface area contributed by atoms with E-state index in [-0.39, 0.29) is 29.7 Å². The predicted octanol–water partition coefficient (Wildman–Crippen LogP) is 3.91. The Balaban J connectivity index is 1.04. The summed E-state index contributed by atoms with van der Waals surface area (Å²) in [5.41, 5.74) is -0.381. The van der Waals surface area contributed by atoms with Crippen LogP contribution in [0.5, 0.6) is 0 Å². The van der Waals surface area contributed by atoms with Gasteiger partial charge >= 0.3 is 6.18 Å². The predicted molar refractivity (Wildman–Crippen MR) is 133 cm³/mol. The van der Waals surface area contributed by atoms with E-state index in [0.29, 0.717) is 11.6 Å². The van der Waals surface area contributed by atoms with Crippen LogP contribution < -0.4 is 10.6 Å². The van der Waals surface area contributed by atoms with E-state index in [0.717, 1.165) is 31.1 Å². The second-order valence-electron chi connectivity index (χ2n) is 10.6. The van der Waals surface area contributed by atoms with Crippen LogP contribution in [0.25, 0.3) is 10.9 Å². The van der Waals surface area contributed by atoms with Crippen molar-refractivity contribution in [2.24, 2.45) is 5.92 Å². The molecule has 1 aromatic heterocycles. The van der Waals surface area contributed by atoms with Crippen molar-refractivity contribution in [3.05, 3.63) is 30.1 Å². The van der Waals surface area contributed by atoms with Gasteiger partial charge in [-0.25, -0.2) is 9.97 Å². The van der Waals surface area contributed by atoms with Crippen molar-refractivity contribution in [2.75, 3.05) is 44.6 Å². The topological polar surface area (TPSA) is 73.4 Å². The van der Waals surface area contributed by atoms with E-state index in [1.165, 1.54) is 77.0 Å². The summed E-state index contributed by atoms with van der Waals surface area (Å²) in [6, 6.07) is 4.05. The first-order valence-corrected chi connectivity index (χ1v) is 13.2. The molecule has 0 spiro atoms. The molecule has 1 amide bonds. The standard InChI is InChI=1S/C26H35F3N6O/c27-26(28,29)19-6-9-23-22(12-19)25(32-17-31-23)30-13-24(36)33-20-15-35(16-20)21-7-4-18(5-8-21)14-34-10-2-1-3-11-34/h6,9,12,17-18,20-21H,1-5,7-8,10-11,13-16H2,(H,33,36)(H,30,31,32). The highest BCUT2D eigenvalue weighted by atomic mass is 19.4. The highest BCUT2D eigenvalue weighted by molar-refractivity contribution is 5.91. The number of nitrogens with zero attached hydrogens (tertiary/aromatic N) is 4. The number of amides is 1. The van der Waals surface area contributed by atoms with Crippen LogP contribution in [0.2, 0.25) is 0 Å². The van der Waals surface area contributed by atoms with E-state index < -0.39 is 11.7 Å². The van der Waals surface area contributed by atoms with Crippen LogP contribution >= 0.6 is 0 Å². The number of halogens is 3. The molecule has 0 unspecified atom stereocenters. The minimum Gasteiger partial charge on any atom is -0.360 e. The zero-order chi connectivity index (χ0) is 25.1. The second-order valence-corrected chi connectivity index (χ2v) is 10.6. The number of carbonyl (C=O) groups is 1. The number of hydrogen-bond acceptors (Lipinski definition) is 6. The summed E-state index contributed by atoms with van der Waals surface area (Å²) in [7, 11) is 0. The monoisotopic (exact) mass is 504 g/mol. The minimum absolute atomic E-state index is 0.0551. The van der Waals surface area contributed by atoms with Crippen LogP contribution in [-0.4, -0.2) is 77.0 Å². The van der Waals surface area contributed by atoms with Crippen molar-refractivity contribution in [1.29, 1.82) is 0 Å². The normalized spacial score (nSPS) is 24.4. The van der Waals surface area contributed by atoms with Crippen molar-refractivity contribution in [3.63, 3.8) is 0 Å². The van der Waals surface area contributed by atoms with Crippen LogP contribution in [-0.2, 0) is 11.0 Å². The summed E-state index contributed by atoms with van der Waals surface area (Å²) in [5, 5.41) is 6.16. The lowest BCUT2D eigenvalue weighted by atomic mass is 9.83. The fourth-order valence-electron chi connectivity index (χ4n) is 5.92. The van der Waals surface area contributed by atoms with E-state index in [2.05, 4.69) is 30.4 Å². The number of rotatable bonds is 7. The first-order chi connectivity index (χ1) is 17.3. The zero-order valence-corrected chi connectivity index (χ0v) is 20.6. The third kappa shape index (κ3) is 6.08. The quantitative estimate of drug-likeness (QED) is 0.596. The van der Waals surface area contributed by atoms with Crippen molar-refractivity contribution in [1.82, 2.24) is 25.1 Å². The van der Waals surface area contributed by atoms with E-state index in [9.17, 15) is 18.0 Å². The largest absolute Gasteiger partial charge is 0.416 e. The first kappa shape index (κ1) is 25.2. The Morgan fingerprint density at radius 3 is 2.50 bits per heavy atom. The van der Waals surface area contributed by atoms with Gasteiger partial charge in [0.1, 0.15) is 12.1 Å². The van der Waals surface area contributed by atoms with Gasteiger partial charge in [0.05, 0.1) is 23.7 Å². The molecule has 3 heterocycles. The molecule has 0 radical (unpaired) electrons. The Hall–Kier alpha value is -2.46. The lowest BCUT2D eigenvalue weighted by Crippen LogP contribution is -2.63. The molecule has 196 valence electrons. The highest BCUT2D eigenvalue weighted by Gasteiger charge is 2.35. The fourth-order valence-corrected chi connectivity index (χ4v) is 5.92. The molecule has 10 heteroatoms. The van der Waals surface area contributed by atoms with Gasteiger partial charge in [0.25, 0.3) is 0 Å². The van der Waals surface area contributed by atoms with Crippen molar-refractivity contribution >= 4 is 22.6 Å². The van der Waals surface area contributed by atoms with E-state index >= 15 is 0 Å². The molecule has 3 fully saturated rings. The number of piperidine rings is 1. The molecule has 5 rings (SSSR count). The molecule has 2 saturated heterocycles. The molecule has 2 aliphatic heterocycles. The zero-order valence-electron chi connectivity index (χ0n) is 20.6. The summed E-state index contributed by atoms with van der Waals surface area (Å²) in [5.74, 6) is 0.855. The summed E-state index contributed by atoms with van der Waals surface area (Å²) < 4.78 is 39.3.